The Hall–Kier alpha value is -1.13. The Morgan fingerprint density at radius 1 is 1.33 bits per heavy atom. The van der Waals surface area contributed by atoms with Crippen LogP contribution in [0.2, 0.25) is 0 Å². The molecule has 2 rings (SSSR count). The van der Waals surface area contributed by atoms with Crippen molar-refractivity contribution in [1.82, 2.24) is 9.97 Å². The molecule has 0 radical (unpaired) electrons. The monoisotopic (exact) mass is 326 g/mol. The maximum absolute atomic E-state index is 5.71. The molecule has 0 saturated heterocycles. The van der Waals surface area contributed by atoms with Crippen LogP contribution in [0.5, 0.6) is 5.75 Å². The molecule has 0 atom stereocenters. The molecule has 1 aromatic heterocycles. The molecule has 0 N–H and O–H groups in total. The van der Waals surface area contributed by atoms with Gasteiger partial charge in [0.15, 0.2) is 0 Å². The predicted octanol–water partition coefficient (Wildman–Crippen LogP) is 3.70. The van der Waals surface area contributed by atoms with Gasteiger partial charge in [0.1, 0.15) is 11.6 Å². The summed E-state index contributed by atoms with van der Waals surface area (Å²) in [5.74, 6) is 2.04. The molecule has 1 aromatic carbocycles. The van der Waals surface area contributed by atoms with E-state index in [9.17, 15) is 0 Å². The van der Waals surface area contributed by atoms with Crippen LogP contribution in [0.1, 0.15) is 5.82 Å². The van der Waals surface area contributed by atoms with Crippen LogP contribution >= 0.6 is 27.5 Å². The van der Waals surface area contributed by atoms with Crippen LogP contribution in [-0.4, -0.2) is 23.0 Å². The van der Waals surface area contributed by atoms with Gasteiger partial charge in [-0.1, -0.05) is 15.9 Å². The zero-order valence-electron chi connectivity index (χ0n) is 9.86. The molecule has 1 heterocycles. The van der Waals surface area contributed by atoms with Crippen LogP contribution in [0.4, 0.5) is 0 Å². The van der Waals surface area contributed by atoms with Gasteiger partial charge in [-0.25, -0.2) is 9.97 Å². The number of ether oxygens (including phenoxy) is 1. The van der Waals surface area contributed by atoms with Gasteiger partial charge in [0.2, 0.25) is 0 Å². The van der Waals surface area contributed by atoms with E-state index >= 15 is 0 Å². The zero-order valence-corrected chi connectivity index (χ0v) is 12.2. The third-order valence-corrected chi connectivity index (χ3v) is 3.14. The van der Waals surface area contributed by atoms with Gasteiger partial charge in [0.05, 0.1) is 12.8 Å². The van der Waals surface area contributed by atoms with E-state index in [0.717, 1.165) is 27.3 Å². The summed E-state index contributed by atoms with van der Waals surface area (Å²) < 4.78 is 6.33. The topological polar surface area (TPSA) is 35.0 Å². The van der Waals surface area contributed by atoms with Gasteiger partial charge < -0.3 is 4.74 Å². The van der Waals surface area contributed by atoms with Gasteiger partial charge >= 0.3 is 0 Å². The first-order valence-corrected chi connectivity index (χ1v) is 6.79. The van der Waals surface area contributed by atoms with Crippen molar-refractivity contribution in [3.63, 3.8) is 0 Å². The van der Waals surface area contributed by atoms with Crippen molar-refractivity contribution in [3.05, 3.63) is 40.8 Å². The Morgan fingerprint density at radius 3 is 2.89 bits per heavy atom. The largest absolute Gasteiger partial charge is 0.496 e. The highest BCUT2D eigenvalue weighted by Gasteiger charge is 2.09. The van der Waals surface area contributed by atoms with Crippen LogP contribution < -0.4 is 4.74 Å². The second-order valence-electron chi connectivity index (χ2n) is 3.64. The number of hydrogen-bond acceptors (Lipinski definition) is 3. The quantitative estimate of drug-likeness (QED) is 0.803. The zero-order chi connectivity index (χ0) is 13.0. The fraction of sp³-hybridized carbons (Fsp3) is 0.231. The minimum Gasteiger partial charge on any atom is -0.496 e. The molecular weight excluding hydrogens is 316 g/mol. The summed E-state index contributed by atoms with van der Waals surface area (Å²) in [4.78, 5) is 8.67. The molecule has 0 unspecified atom stereocenters. The maximum atomic E-state index is 5.71. The molecule has 0 amide bonds. The van der Waals surface area contributed by atoms with Crippen LogP contribution in [0.25, 0.3) is 11.3 Å². The first kappa shape index (κ1) is 13.3. The van der Waals surface area contributed by atoms with E-state index in [-0.39, 0.29) is 0 Å². The van der Waals surface area contributed by atoms with Crippen molar-refractivity contribution in [2.24, 2.45) is 0 Å². The standard InChI is InChI=1S/C13H12BrClN2O/c1-18-12-3-2-9(14)8-10(12)11-5-7-16-13(17-11)4-6-15/h2-3,5,7-8H,4,6H2,1H3. The molecular formula is C13H12BrClN2O. The van der Waals surface area contributed by atoms with Crippen molar-refractivity contribution in [1.29, 1.82) is 0 Å². The van der Waals surface area contributed by atoms with E-state index in [1.807, 2.05) is 24.3 Å². The number of methoxy groups -OCH3 is 1. The lowest BCUT2D eigenvalue weighted by Gasteiger charge is -2.09. The number of rotatable bonds is 4. The second kappa shape index (κ2) is 6.16. The summed E-state index contributed by atoms with van der Waals surface area (Å²) in [5, 5.41) is 0. The van der Waals surface area contributed by atoms with Gasteiger partial charge in [-0.05, 0) is 24.3 Å². The van der Waals surface area contributed by atoms with E-state index in [4.69, 9.17) is 16.3 Å². The van der Waals surface area contributed by atoms with Crippen molar-refractivity contribution < 1.29 is 4.74 Å². The molecule has 3 nitrogen and oxygen atoms in total. The summed E-state index contributed by atoms with van der Waals surface area (Å²) in [7, 11) is 1.65. The predicted molar refractivity (Wildman–Crippen MR) is 76.1 cm³/mol. The third-order valence-electron chi connectivity index (χ3n) is 2.46. The number of halogens is 2. The highest BCUT2D eigenvalue weighted by atomic mass is 79.9. The van der Waals surface area contributed by atoms with Crippen LogP contribution in [0, 0.1) is 0 Å². The molecule has 0 bridgehead atoms. The Morgan fingerprint density at radius 2 is 2.17 bits per heavy atom. The molecule has 18 heavy (non-hydrogen) atoms. The Kier molecular flexibility index (Phi) is 4.55. The lowest BCUT2D eigenvalue weighted by molar-refractivity contribution is 0.416. The van der Waals surface area contributed by atoms with E-state index < -0.39 is 0 Å². The number of alkyl halides is 1. The maximum Gasteiger partial charge on any atom is 0.130 e. The molecule has 0 spiro atoms. The second-order valence-corrected chi connectivity index (χ2v) is 4.94. The molecule has 0 aliphatic heterocycles. The van der Waals surface area contributed by atoms with E-state index in [0.29, 0.717) is 12.3 Å². The summed E-state index contributed by atoms with van der Waals surface area (Å²) in [6, 6.07) is 7.68. The fourth-order valence-corrected chi connectivity index (χ4v) is 2.16. The smallest absolute Gasteiger partial charge is 0.130 e. The van der Waals surface area contributed by atoms with Crippen LogP contribution in [-0.2, 0) is 6.42 Å². The minimum atomic E-state index is 0.513. The van der Waals surface area contributed by atoms with Gasteiger partial charge in [-0.2, -0.15) is 0 Å². The summed E-state index contributed by atoms with van der Waals surface area (Å²) >= 11 is 9.16. The Balaban J connectivity index is 2.47. The van der Waals surface area contributed by atoms with Crippen LogP contribution in [0.3, 0.4) is 0 Å². The average Bonchev–Trinajstić information content (AvgIpc) is 2.39. The molecule has 94 valence electrons. The van der Waals surface area contributed by atoms with E-state index in [1.54, 1.807) is 13.3 Å². The highest BCUT2D eigenvalue weighted by Crippen LogP contribution is 2.31. The Bertz CT molecular complexity index is 548. The van der Waals surface area contributed by atoms with Crippen molar-refractivity contribution >= 4 is 27.5 Å². The molecule has 0 saturated carbocycles. The molecule has 0 fully saturated rings. The number of nitrogens with zero attached hydrogens (tertiary/aromatic N) is 2. The number of hydrogen-bond donors (Lipinski definition) is 0. The molecule has 0 aliphatic carbocycles. The SMILES string of the molecule is COc1ccc(Br)cc1-c1ccnc(CCCl)n1. The highest BCUT2D eigenvalue weighted by molar-refractivity contribution is 9.10. The summed E-state index contributed by atoms with van der Waals surface area (Å²) in [6.07, 6.45) is 2.40. The number of benzene rings is 1. The summed E-state index contributed by atoms with van der Waals surface area (Å²) in [5.41, 5.74) is 1.77. The molecule has 0 aliphatic rings. The third kappa shape index (κ3) is 3.00. The minimum absolute atomic E-state index is 0.513. The normalized spacial score (nSPS) is 10.4. The first-order chi connectivity index (χ1) is 8.74. The molecule has 5 heteroatoms. The number of aryl methyl sites for hydroxylation is 1. The van der Waals surface area contributed by atoms with Crippen molar-refractivity contribution in [2.45, 2.75) is 6.42 Å². The lowest BCUT2D eigenvalue weighted by atomic mass is 10.1. The number of aromatic nitrogens is 2. The van der Waals surface area contributed by atoms with Gasteiger partial charge in [0, 0.05) is 28.5 Å². The van der Waals surface area contributed by atoms with Crippen molar-refractivity contribution in [3.8, 4) is 17.0 Å². The Labute approximate surface area is 119 Å². The lowest BCUT2D eigenvalue weighted by Crippen LogP contribution is -1.98. The van der Waals surface area contributed by atoms with Crippen LogP contribution in [0.15, 0.2) is 34.9 Å². The van der Waals surface area contributed by atoms with Gasteiger partial charge in [-0.15, -0.1) is 11.6 Å². The van der Waals surface area contributed by atoms with Gasteiger partial charge in [-0.3, -0.25) is 0 Å². The summed E-state index contributed by atoms with van der Waals surface area (Å²) in [6.45, 7) is 0. The first-order valence-electron chi connectivity index (χ1n) is 5.46. The van der Waals surface area contributed by atoms with Gasteiger partial charge in [0.25, 0.3) is 0 Å². The average molecular weight is 328 g/mol. The fourth-order valence-electron chi connectivity index (χ4n) is 1.63. The van der Waals surface area contributed by atoms with Crippen molar-refractivity contribution in [2.75, 3.05) is 13.0 Å². The van der Waals surface area contributed by atoms with E-state index in [1.165, 1.54) is 0 Å². The van der Waals surface area contributed by atoms with E-state index in [2.05, 4.69) is 25.9 Å². The molecule has 2 aromatic rings.